The molecule has 0 unspecified atom stereocenters. The first kappa shape index (κ1) is 16.0. The molecule has 0 bridgehead atoms. The average Bonchev–Trinajstić information content (AvgIpc) is 2.63. The highest BCUT2D eigenvalue weighted by molar-refractivity contribution is 6.06. The van der Waals surface area contributed by atoms with Gasteiger partial charge in [-0.3, -0.25) is 9.80 Å². The Bertz CT molecular complexity index is 786. The van der Waals surface area contributed by atoms with E-state index in [1.54, 1.807) is 17.2 Å². The van der Waals surface area contributed by atoms with Crippen molar-refractivity contribution in [2.45, 2.75) is 32.4 Å². The third-order valence-electron chi connectivity index (χ3n) is 4.89. The molecule has 3 heterocycles. The van der Waals surface area contributed by atoms with Crippen LogP contribution in [0, 0.1) is 12.7 Å². The van der Waals surface area contributed by atoms with Gasteiger partial charge >= 0.3 is 6.03 Å². The van der Waals surface area contributed by atoms with E-state index in [-0.39, 0.29) is 24.4 Å². The van der Waals surface area contributed by atoms with Crippen molar-refractivity contribution >= 4 is 17.5 Å². The Labute approximate surface area is 145 Å². The number of amides is 2. The minimum Gasteiger partial charge on any atom is -0.317 e. The normalized spacial score (nSPS) is 18.4. The number of benzene rings is 1. The molecule has 130 valence electrons. The Hall–Kier alpha value is -2.54. The van der Waals surface area contributed by atoms with Crippen molar-refractivity contribution in [1.29, 1.82) is 0 Å². The highest BCUT2D eigenvalue weighted by Crippen LogP contribution is 2.35. The maximum atomic E-state index is 14.5. The molecule has 1 aromatic heterocycles. The van der Waals surface area contributed by atoms with Crippen molar-refractivity contribution in [1.82, 2.24) is 15.3 Å². The average molecular weight is 341 g/mol. The van der Waals surface area contributed by atoms with E-state index in [1.807, 2.05) is 13.0 Å². The molecule has 1 saturated heterocycles. The predicted molar refractivity (Wildman–Crippen MR) is 93.1 cm³/mol. The van der Waals surface area contributed by atoms with Crippen LogP contribution in [0.25, 0.3) is 0 Å². The van der Waals surface area contributed by atoms with E-state index < -0.39 is 0 Å². The quantitative estimate of drug-likeness (QED) is 0.912. The summed E-state index contributed by atoms with van der Waals surface area (Å²) in [6, 6.07) is 4.70. The second-order valence-electron chi connectivity index (χ2n) is 6.50. The van der Waals surface area contributed by atoms with Crippen molar-refractivity contribution in [3.8, 4) is 0 Å². The first-order chi connectivity index (χ1) is 12.2. The van der Waals surface area contributed by atoms with Crippen LogP contribution in [0.2, 0.25) is 0 Å². The number of hydrogen-bond acceptors (Lipinski definition) is 4. The lowest BCUT2D eigenvalue weighted by molar-refractivity contribution is 0.245. The summed E-state index contributed by atoms with van der Waals surface area (Å²) in [5.41, 5.74) is 1.91. The number of para-hydroxylation sites is 1. The number of rotatable bonds is 2. The van der Waals surface area contributed by atoms with E-state index in [1.165, 1.54) is 17.3 Å². The Morgan fingerprint density at radius 1 is 1.28 bits per heavy atom. The molecule has 0 radical (unpaired) electrons. The summed E-state index contributed by atoms with van der Waals surface area (Å²) in [4.78, 5) is 25.0. The van der Waals surface area contributed by atoms with Gasteiger partial charge in [-0.2, -0.15) is 0 Å². The number of anilines is 2. The summed E-state index contributed by atoms with van der Waals surface area (Å²) in [6.07, 6.45) is 4.87. The van der Waals surface area contributed by atoms with Gasteiger partial charge in [0.2, 0.25) is 0 Å². The standard InChI is InChI=1S/C18H20FN5O/c1-12-3-2-4-15(19)16(12)23-10-13-9-21-11-22-17(13)24(18(23)25)14-5-7-20-8-6-14/h2-4,9,11,14,20H,5-8,10H2,1H3. The number of urea groups is 1. The number of hydrogen-bond donors (Lipinski definition) is 1. The Balaban J connectivity index is 1.80. The molecule has 1 N–H and O–H groups in total. The fourth-order valence-corrected chi connectivity index (χ4v) is 3.67. The zero-order chi connectivity index (χ0) is 17.4. The topological polar surface area (TPSA) is 61.4 Å². The number of piperidine rings is 1. The van der Waals surface area contributed by atoms with Crippen LogP contribution in [0.5, 0.6) is 0 Å². The second kappa shape index (κ2) is 6.40. The zero-order valence-electron chi connectivity index (χ0n) is 14.1. The number of carbonyl (C=O) groups excluding carboxylic acids is 1. The van der Waals surface area contributed by atoms with E-state index in [4.69, 9.17) is 0 Å². The lowest BCUT2D eigenvalue weighted by Crippen LogP contribution is -2.55. The van der Waals surface area contributed by atoms with E-state index >= 15 is 0 Å². The third kappa shape index (κ3) is 2.74. The van der Waals surface area contributed by atoms with Crippen LogP contribution in [0.4, 0.5) is 20.7 Å². The number of nitrogens with zero attached hydrogens (tertiary/aromatic N) is 4. The number of aryl methyl sites for hydroxylation is 1. The van der Waals surface area contributed by atoms with E-state index in [2.05, 4.69) is 15.3 Å². The molecule has 0 aliphatic carbocycles. The van der Waals surface area contributed by atoms with Gasteiger partial charge in [0, 0.05) is 17.8 Å². The van der Waals surface area contributed by atoms with Gasteiger partial charge in [0.05, 0.1) is 12.2 Å². The zero-order valence-corrected chi connectivity index (χ0v) is 14.1. The largest absolute Gasteiger partial charge is 0.330 e. The number of halogens is 1. The summed E-state index contributed by atoms with van der Waals surface area (Å²) >= 11 is 0. The Morgan fingerprint density at radius 3 is 2.84 bits per heavy atom. The summed E-state index contributed by atoms with van der Waals surface area (Å²) < 4.78 is 14.5. The lowest BCUT2D eigenvalue weighted by Gasteiger charge is -2.41. The van der Waals surface area contributed by atoms with Crippen LogP contribution in [0.1, 0.15) is 24.0 Å². The number of aromatic nitrogens is 2. The number of nitrogens with one attached hydrogen (secondary N) is 1. The van der Waals surface area contributed by atoms with Crippen LogP contribution < -0.4 is 15.1 Å². The van der Waals surface area contributed by atoms with Gasteiger partial charge in [0.25, 0.3) is 0 Å². The molecule has 7 heteroatoms. The van der Waals surface area contributed by atoms with Crippen LogP contribution in [0.15, 0.2) is 30.7 Å². The molecule has 2 aromatic rings. The van der Waals surface area contributed by atoms with Crippen LogP contribution >= 0.6 is 0 Å². The third-order valence-corrected chi connectivity index (χ3v) is 4.89. The fraction of sp³-hybridized carbons (Fsp3) is 0.389. The van der Waals surface area contributed by atoms with E-state index in [9.17, 15) is 9.18 Å². The molecule has 0 spiro atoms. The van der Waals surface area contributed by atoms with Crippen LogP contribution in [-0.2, 0) is 6.54 Å². The predicted octanol–water partition coefficient (Wildman–Crippen LogP) is 2.62. The van der Waals surface area contributed by atoms with Crippen LogP contribution in [-0.4, -0.2) is 35.1 Å². The Kier molecular flexibility index (Phi) is 4.09. The van der Waals surface area contributed by atoms with Gasteiger partial charge in [-0.05, 0) is 44.5 Å². The molecule has 6 nitrogen and oxygen atoms in total. The first-order valence-electron chi connectivity index (χ1n) is 8.52. The lowest BCUT2D eigenvalue weighted by atomic mass is 10.0. The number of fused-ring (bicyclic) bond motifs is 1. The first-order valence-corrected chi connectivity index (χ1v) is 8.52. The molecule has 2 aliphatic rings. The molecule has 1 aromatic carbocycles. The van der Waals surface area contributed by atoms with Crippen molar-refractivity contribution in [3.05, 3.63) is 47.7 Å². The molecular weight excluding hydrogens is 321 g/mol. The van der Waals surface area contributed by atoms with Gasteiger partial charge in [-0.25, -0.2) is 19.2 Å². The molecular formula is C18H20FN5O. The molecule has 2 amide bonds. The minimum atomic E-state index is -0.390. The van der Waals surface area contributed by atoms with Gasteiger partial charge in [0.1, 0.15) is 18.0 Å². The Morgan fingerprint density at radius 2 is 2.08 bits per heavy atom. The van der Waals surface area contributed by atoms with Crippen LogP contribution in [0.3, 0.4) is 0 Å². The van der Waals surface area contributed by atoms with Crippen molar-refractivity contribution in [2.24, 2.45) is 0 Å². The van der Waals surface area contributed by atoms with Crippen molar-refractivity contribution in [3.63, 3.8) is 0 Å². The number of carbonyl (C=O) groups is 1. The molecule has 0 atom stereocenters. The monoisotopic (exact) mass is 341 g/mol. The molecule has 4 rings (SSSR count). The molecule has 0 saturated carbocycles. The maximum absolute atomic E-state index is 14.5. The van der Waals surface area contributed by atoms with Gasteiger partial charge in [0.15, 0.2) is 0 Å². The molecule has 1 fully saturated rings. The molecule has 2 aliphatic heterocycles. The highest BCUT2D eigenvalue weighted by Gasteiger charge is 2.38. The van der Waals surface area contributed by atoms with Gasteiger partial charge in [-0.1, -0.05) is 12.1 Å². The summed E-state index contributed by atoms with van der Waals surface area (Å²) in [7, 11) is 0. The fourth-order valence-electron chi connectivity index (χ4n) is 3.67. The summed E-state index contributed by atoms with van der Waals surface area (Å²) in [6.45, 7) is 3.80. The molecule has 25 heavy (non-hydrogen) atoms. The van der Waals surface area contributed by atoms with Gasteiger partial charge < -0.3 is 5.32 Å². The minimum absolute atomic E-state index is 0.0530. The smallest absolute Gasteiger partial charge is 0.317 e. The van der Waals surface area contributed by atoms with E-state index in [0.29, 0.717) is 11.5 Å². The van der Waals surface area contributed by atoms with Gasteiger partial charge in [-0.15, -0.1) is 0 Å². The SMILES string of the molecule is Cc1cccc(F)c1N1Cc2cncnc2N(C2CCNCC2)C1=O. The maximum Gasteiger partial charge on any atom is 0.330 e. The van der Waals surface area contributed by atoms with E-state index in [0.717, 1.165) is 37.1 Å². The van der Waals surface area contributed by atoms with Crippen molar-refractivity contribution in [2.75, 3.05) is 22.9 Å². The van der Waals surface area contributed by atoms with Crippen molar-refractivity contribution < 1.29 is 9.18 Å². The summed E-state index contributed by atoms with van der Waals surface area (Å²) in [5.74, 6) is 0.260. The second-order valence-corrected chi connectivity index (χ2v) is 6.50. The highest BCUT2D eigenvalue weighted by atomic mass is 19.1. The summed E-state index contributed by atoms with van der Waals surface area (Å²) in [5, 5.41) is 3.31.